The molecule has 156 valence electrons. The molecule has 8 heteroatoms. The molecule has 2 fully saturated rings. The third-order valence-corrected chi connectivity index (χ3v) is 5.74. The van der Waals surface area contributed by atoms with Crippen molar-refractivity contribution >= 4 is 5.69 Å². The van der Waals surface area contributed by atoms with E-state index >= 15 is 0 Å². The molecule has 2 aromatic carbocycles. The van der Waals surface area contributed by atoms with Gasteiger partial charge in [-0.15, -0.1) is 5.10 Å². The lowest BCUT2D eigenvalue weighted by Gasteiger charge is -2.18. The highest BCUT2D eigenvalue weighted by molar-refractivity contribution is 5.60. The predicted octanol–water partition coefficient (Wildman–Crippen LogP) is 2.33. The number of rotatable bonds is 6. The summed E-state index contributed by atoms with van der Waals surface area (Å²) in [5, 5.41) is 12.4. The van der Waals surface area contributed by atoms with Crippen LogP contribution in [0, 0.1) is 0 Å². The maximum Gasteiger partial charge on any atom is 0.182 e. The smallest absolute Gasteiger partial charge is 0.182 e. The fourth-order valence-corrected chi connectivity index (χ4v) is 4.09. The molecule has 8 nitrogen and oxygen atoms in total. The molecule has 1 aromatic heterocycles. The molecule has 2 aliphatic rings. The van der Waals surface area contributed by atoms with E-state index in [0.717, 1.165) is 16.8 Å². The summed E-state index contributed by atoms with van der Waals surface area (Å²) in [5.41, 5.74) is 3.22. The zero-order chi connectivity index (χ0) is 20.5. The van der Waals surface area contributed by atoms with Crippen molar-refractivity contribution in [3.8, 4) is 11.4 Å². The molecule has 2 saturated heterocycles. The van der Waals surface area contributed by atoms with Crippen LogP contribution in [0.25, 0.3) is 11.4 Å². The number of hydrogen-bond donors (Lipinski definition) is 0. The van der Waals surface area contributed by atoms with Crippen molar-refractivity contribution in [2.75, 3.05) is 32.2 Å². The molecule has 4 atom stereocenters. The third-order valence-electron chi connectivity index (χ3n) is 5.74. The van der Waals surface area contributed by atoms with Crippen LogP contribution in [-0.4, -0.2) is 65.8 Å². The molecule has 5 rings (SSSR count). The molecule has 3 heterocycles. The quantitative estimate of drug-likeness (QED) is 0.621. The van der Waals surface area contributed by atoms with E-state index < -0.39 is 0 Å². The van der Waals surface area contributed by atoms with Crippen LogP contribution in [-0.2, 0) is 20.8 Å². The average Bonchev–Trinajstić information content (AvgIpc) is 3.50. The average molecular weight is 407 g/mol. The summed E-state index contributed by atoms with van der Waals surface area (Å²) in [6, 6.07) is 18.2. The molecule has 30 heavy (non-hydrogen) atoms. The van der Waals surface area contributed by atoms with Crippen molar-refractivity contribution in [2.24, 2.45) is 0 Å². The van der Waals surface area contributed by atoms with Gasteiger partial charge in [-0.05, 0) is 40.3 Å². The Bertz CT molecular complexity index is 976. The van der Waals surface area contributed by atoms with Crippen molar-refractivity contribution in [1.29, 1.82) is 0 Å². The summed E-state index contributed by atoms with van der Waals surface area (Å²) < 4.78 is 20.1. The second-order valence-corrected chi connectivity index (χ2v) is 7.89. The summed E-state index contributed by atoms with van der Waals surface area (Å²) >= 11 is 0. The zero-order valence-electron chi connectivity index (χ0n) is 17.1. The summed E-state index contributed by atoms with van der Waals surface area (Å²) in [4.78, 5) is 2.06. The highest BCUT2D eigenvalue weighted by Gasteiger charge is 2.50. The highest BCUT2D eigenvalue weighted by Crippen LogP contribution is 2.37. The van der Waals surface area contributed by atoms with E-state index in [1.54, 1.807) is 0 Å². The Balaban J connectivity index is 1.30. The molecule has 0 N–H and O–H groups in total. The summed E-state index contributed by atoms with van der Waals surface area (Å²) in [6.45, 7) is 1.54. The lowest BCUT2D eigenvalue weighted by atomic mass is 10.1. The number of hydrogen-bond acceptors (Lipinski definition) is 7. The highest BCUT2D eigenvalue weighted by atomic mass is 16.6. The number of fused-ring (bicyclic) bond motifs is 1. The van der Waals surface area contributed by atoms with Gasteiger partial charge < -0.3 is 19.1 Å². The van der Waals surface area contributed by atoms with Crippen LogP contribution in [0.1, 0.15) is 11.6 Å². The second-order valence-electron chi connectivity index (χ2n) is 7.89. The maximum absolute atomic E-state index is 6.10. The van der Waals surface area contributed by atoms with Crippen LogP contribution in [0.3, 0.4) is 0 Å². The SMILES string of the molecule is CN(C)c1ccc(-c2nnnn2[C@@H]2CO[C@@H]3[C@@H]2OC[C@H]3OCc2ccccc2)cc1. The normalized spacial score (nSPS) is 25.4. The summed E-state index contributed by atoms with van der Waals surface area (Å²) in [7, 11) is 4.03. The lowest BCUT2D eigenvalue weighted by molar-refractivity contribution is -0.0399. The fraction of sp³-hybridized carbons (Fsp3) is 0.409. The van der Waals surface area contributed by atoms with Crippen LogP contribution in [0.15, 0.2) is 54.6 Å². The number of anilines is 1. The van der Waals surface area contributed by atoms with Crippen LogP contribution >= 0.6 is 0 Å². The van der Waals surface area contributed by atoms with Gasteiger partial charge in [0, 0.05) is 25.3 Å². The van der Waals surface area contributed by atoms with Gasteiger partial charge in [-0.2, -0.15) is 0 Å². The van der Waals surface area contributed by atoms with Gasteiger partial charge in [0.15, 0.2) is 5.82 Å². The molecule has 0 spiro atoms. The van der Waals surface area contributed by atoms with Gasteiger partial charge in [-0.1, -0.05) is 30.3 Å². The Kier molecular flexibility index (Phi) is 5.20. The number of nitrogens with zero attached hydrogens (tertiary/aromatic N) is 5. The molecule has 3 aromatic rings. The van der Waals surface area contributed by atoms with E-state index in [0.29, 0.717) is 25.6 Å². The standard InChI is InChI=1S/C22H25N5O3/c1-26(2)17-10-8-16(9-11-17)22-23-24-25-27(22)18-13-29-21-19(14-30-20(18)21)28-12-15-6-4-3-5-7-15/h3-11,18-21H,12-14H2,1-2H3/t18-,19-,20-,21+/m1/s1. The van der Waals surface area contributed by atoms with E-state index in [2.05, 4.69) is 44.7 Å². The Morgan fingerprint density at radius 2 is 1.77 bits per heavy atom. The number of benzene rings is 2. The van der Waals surface area contributed by atoms with Crippen molar-refractivity contribution in [3.05, 3.63) is 60.2 Å². The van der Waals surface area contributed by atoms with Crippen LogP contribution in [0.2, 0.25) is 0 Å². The monoisotopic (exact) mass is 407 g/mol. The third kappa shape index (κ3) is 3.58. The predicted molar refractivity (Wildman–Crippen MR) is 111 cm³/mol. The van der Waals surface area contributed by atoms with Crippen molar-refractivity contribution in [3.63, 3.8) is 0 Å². The lowest BCUT2D eigenvalue weighted by Crippen LogP contribution is -2.32. The number of tetrazole rings is 1. The zero-order valence-corrected chi connectivity index (χ0v) is 17.1. The molecule has 0 radical (unpaired) electrons. The number of aromatic nitrogens is 4. The van der Waals surface area contributed by atoms with Gasteiger partial charge >= 0.3 is 0 Å². The van der Waals surface area contributed by atoms with E-state index in [-0.39, 0.29) is 24.4 Å². The van der Waals surface area contributed by atoms with E-state index in [1.807, 2.05) is 49.1 Å². The van der Waals surface area contributed by atoms with Gasteiger partial charge in [0.1, 0.15) is 24.4 Å². The van der Waals surface area contributed by atoms with Gasteiger partial charge in [-0.3, -0.25) is 0 Å². The first-order valence-corrected chi connectivity index (χ1v) is 10.1. The topological polar surface area (TPSA) is 74.5 Å². The minimum atomic E-state index is -0.130. The van der Waals surface area contributed by atoms with Crippen molar-refractivity contribution < 1.29 is 14.2 Å². The molecule has 0 amide bonds. The van der Waals surface area contributed by atoms with Crippen LogP contribution in [0.5, 0.6) is 0 Å². The molecule has 0 saturated carbocycles. The Morgan fingerprint density at radius 3 is 2.53 bits per heavy atom. The van der Waals surface area contributed by atoms with Crippen molar-refractivity contribution in [1.82, 2.24) is 20.2 Å². The first-order valence-electron chi connectivity index (χ1n) is 10.1. The minimum absolute atomic E-state index is 0.0844. The molecule has 0 unspecified atom stereocenters. The first-order chi connectivity index (χ1) is 14.7. The Labute approximate surface area is 175 Å². The fourth-order valence-electron chi connectivity index (χ4n) is 4.09. The van der Waals surface area contributed by atoms with Gasteiger partial charge in [0.25, 0.3) is 0 Å². The molecule has 2 aliphatic heterocycles. The Hall–Kier alpha value is -2.81. The minimum Gasteiger partial charge on any atom is -0.378 e. The van der Waals surface area contributed by atoms with Gasteiger partial charge in [-0.25, -0.2) is 4.68 Å². The van der Waals surface area contributed by atoms with Crippen LogP contribution in [0.4, 0.5) is 5.69 Å². The summed E-state index contributed by atoms with van der Waals surface area (Å²) in [5.74, 6) is 0.715. The van der Waals surface area contributed by atoms with Gasteiger partial charge in [0.2, 0.25) is 0 Å². The van der Waals surface area contributed by atoms with Crippen LogP contribution < -0.4 is 4.90 Å². The first kappa shape index (κ1) is 19.2. The molecule has 0 aliphatic carbocycles. The largest absolute Gasteiger partial charge is 0.378 e. The summed E-state index contributed by atoms with van der Waals surface area (Å²) in [6.07, 6.45) is -0.347. The maximum atomic E-state index is 6.10. The second kappa shape index (κ2) is 8.14. The van der Waals surface area contributed by atoms with E-state index in [4.69, 9.17) is 14.2 Å². The Morgan fingerprint density at radius 1 is 1.00 bits per heavy atom. The van der Waals surface area contributed by atoms with Gasteiger partial charge in [0.05, 0.1) is 19.8 Å². The molecule has 0 bridgehead atoms. The number of ether oxygens (including phenoxy) is 3. The van der Waals surface area contributed by atoms with E-state index in [9.17, 15) is 0 Å². The molecular weight excluding hydrogens is 382 g/mol. The van der Waals surface area contributed by atoms with Crippen molar-refractivity contribution in [2.45, 2.75) is 31.0 Å². The molecular formula is C22H25N5O3. The van der Waals surface area contributed by atoms with E-state index in [1.165, 1.54) is 0 Å².